The Hall–Kier alpha value is -2.73. The second-order valence-corrected chi connectivity index (χ2v) is 7.38. The van der Waals surface area contributed by atoms with Gasteiger partial charge in [0.1, 0.15) is 11.2 Å². The van der Waals surface area contributed by atoms with Gasteiger partial charge in [0.05, 0.1) is 5.69 Å². The van der Waals surface area contributed by atoms with E-state index in [2.05, 4.69) is 0 Å². The van der Waals surface area contributed by atoms with Gasteiger partial charge in [0, 0.05) is 12.1 Å². The van der Waals surface area contributed by atoms with Crippen LogP contribution in [0.3, 0.4) is 0 Å². The number of nitrogens with zero attached hydrogens (tertiary/aromatic N) is 1. The maximum Gasteiger partial charge on any atom is 0.331 e. The van der Waals surface area contributed by atoms with Crippen LogP contribution in [0, 0.1) is 0 Å². The average Bonchev–Trinajstić information content (AvgIpc) is 2.87. The van der Waals surface area contributed by atoms with E-state index in [-0.39, 0.29) is 5.44 Å². The molecule has 1 atom stereocenters. The van der Waals surface area contributed by atoms with E-state index in [9.17, 15) is 14.7 Å². The minimum atomic E-state index is -0.955. The summed E-state index contributed by atoms with van der Waals surface area (Å²) in [5.74, 6) is -0.154. The van der Waals surface area contributed by atoms with E-state index in [1.807, 2.05) is 55.6 Å². The maximum absolute atomic E-state index is 11.4. The van der Waals surface area contributed by atoms with Crippen LogP contribution in [-0.2, 0) is 9.59 Å². The van der Waals surface area contributed by atoms with Gasteiger partial charge in [-0.15, -0.1) is 11.8 Å². The molecule has 1 heterocycles. The molecule has 0 saturated carbocycles. The number of aliphatic carboxylic acids is 1. The molecule has 6 heteroatoms. The zero-order valence-electron chi connectivity index (χ0n) is 15.2. The normalized spacial score (nSPS) is 14.6. The van der Waals surface area contributed by atoms with Gasteiger partial charge in [-0.3, -0.25) is 4.79 Å². The van der Waals surface area contributed by atoms with Crippen LogP contribution in [0.2, 0.25) is 0 Å². The van der Waals surface area contributed by atoms with Crippen molar-refractivity contribution in [3.8, 4) is 16.9 Å². The lowest BCUT2D eigenvalue weighted by molar-refractivity contribution is -0.132. The number of rotatable bonds is 6. The Kier molecular flexibility index (Phi) is 5.86. The number of anilines is 1. The second-order valence-electron chi connectivity index (χ2n) is 6.24. The quantitative estimate of drug-likeness (QED) is 0.596. The Balaban J connectivity index is 1.95. The van der Waals surface area contributed by atoms with Gasteiger partial charge in [-0.05, 0) is 66.6 Å². The molecule has 2 aromatic carbocycles. The molecule has 1 N–H and O–H groups in total. The molecular weight excluding hydrogens is 362 g/mol. The van der Waals surface area contributed by atoms with Crippen LogP contribution in [0.25, 0.3) is 17.2 Å². The first-order valence-corrected chi connectivity index (χ1v) is 9.90. The van der Waals surface area contributed by atoms with E-state index in [4.69, 9.17) is 4.74 Å². The van der Waals surface area contributed by atoms with Crippen molar-refractivity contribution in [2.24, 2.45) is 0 Å². The van der Waals surface area contributed by atoms with Crippen LogP contribution in [0.4, 0.5) is 5.69 Å². The number of fused-ring (bicyclic) bond motifs is 1. The SMILES string of the molecule is CSC(C)Oc1ccc(-c2ccc3c(c2)C=C(C(=O)O)CCN3C=O)cc1. The van der Waals surface area contributed by atoms with Crippen molar-refractivity contribution in [3.63, 3.8) is 0 Å². The first kappa shape index (κ1) is 19.0. The van der Waals surface area contributed by atoms with Crippen molar-refractivity contribution in [2.75, 3.05) is 17.7 Å². The molecule has 0 aromatic heterocycles. The lowest BCUT2D eigenvalue weighted by Gasteiger charge is -2.18. The highest BCUT2D eigenvalue weighted by Crippen LogP contribution is 2.32. The number of carbonyl (C=O) groups excluding carboxylic acids is 1. The van der Waals surface area contributed by atoms with Crippen LogP contribution in [0.5, 0.6) is 5.75 Å². The summed E-state index contributed by atoms with van der Waals surface area (Å²) in [6.45, 7) is 2.35. The van der Waals surface area contributed by atoms with Crippen molar-refractivity contribution < 1.29 is 19.4 Å². The van der Waals surface area contributed by atoms with E-state index >= 15 is 0 Å². The molecule has 0 radical (unpaired) electrons. The number of hydrogen-bond acceptors (Lipinski definition) is 4. The number of ether oxygens (including phenoxy) is 1. The van der Waals surface area contributed by atoms with Gasteiger partial charge in [0.25, 0.3) is 0 Å². The van der Waals surface area contributed by atoms with Crippen LogP contribution < -0.4 is 9.64 Å². The highest BCUT2D eigenvalue weighted by Gasteiger charge is 2.19. The van der Waals surface area contributed by atoms with Gasteiger partial charge in [-0.25, -0.2) is 4.79 Å². The zero-order chi connectivity index (χ0) is 19.4. The number of thioether (sulfide) groups is 1. The van der Waals surface area contributed by atoms with Crippen molar-refractivity contribution >= 4 is 35.9 Å². The van der Waals surface area contributed by atoms with Crippen molar-refractivity contribution in [1.82, 2.24) is 0 Å². The second kappa shape index (κ2) is 8.31. The largest absolute Gasteiger partial charge is 0.480 e. The van der Waals surface area contributed by atoms with Crippen LogP contribution in [0.1, 0.15) is 18.9 Å². The first-order valence-electron chi connectivity index (χ1n) is 8.61. The van der Waals surface area contributed by atoms with Gasteiger partial charge in [-0.1, -0.05) is 18.2 Å². The molecule has 5 nitrogen and oxygen atoms in total. The molecular formula is C21H21NO4S. The van der Waals surface area contributed by atoms with Gasteiger partial charge < -0.3 is 14.7 Å². The molecule has 1 amide bonds. The Morgan fingerprint density at radius 1 is 1.22 bits per heavy atom. The standard InChI is InChI=1S/C21H21NO4S/c1-14(27-2)26-19-6-3-15(4-7-19)16-5-8-20-18(11-16)12-17(21(24)25)9-10-22(20)13-23/h3-8,11-14H,9-10H2,1-2H3,(H,24,25). The van der Waals surface area contributed by atoms with Crippen LogP contribution in [0.15, 0.2) is 48.0 Å². The zero-order valence-corrected chi connectivity index (χ0v) is 16.0. The van der Waals surface area contributed by atoms with Crippen LogP contribution in [-0.4, -0.2) is 35.7 Å². The van der Waals surface area contributed by atoms with Gasteiger partial charge in [0.2, 0.25) is 6.41 Å². The number of benzene rings is 2. The monoisotopic (exact) mass is 383 g/mol. The molecule has 0 fully saturated rings. The van der Waals surface area contributed by atoms with Crippen LogP contribution >= 0.6 is 11.8 Å². The summed E-state index contributed by atoms with van der Waals surface area (Å²) in [4.78, 5) is 24.4. The molecule has 0 bridgehead atoms. The number of carboxylic acid groups (broad SMARTS) is 1. The predicted molar refractivity (Wildman–Crippen MR) is 109 cm³/mol. The fourth-order valence-electron chi connectivity index (χ4n) is 2.98. The van der Waals surface area contributed by atoms with Crippen molar-refractivity contribution in [2.45, 2.75) is 18.8 Å². The molecule has 0 saturated heterocycles. The van der Waals surface area contributed by atoms with Gasteiger partial charge >= 0.3 is 5.97 Å². The Morgan fingerprint density at radius 3 is 2.56 bits per heavy atom. The summed E-state index contributed by atoms with van der Waals surface area (Å²) in [6.07, 6.45) is 4.71. The summed E-state index contributed by atoms with van der Waals surface area (Å²) < 4.78 is 5.77. The smallest absolute Gasteiger partial charge is 0.331 e. The van der Waals surface area contributed by atoms with Crippen molar-refractivity contribution in [3.05, 3.63) is 53.6 Å². The summed E-state index contributed by atoms with van der Waals surface area (Å²) in [6, 6.07) is 13.5. The van der Waals surface area contributed by atoms with E-state index in [1.54, 1.807) is 22.7 Å². The molecule has 2 aromatic rings. The predicted octanol–water partition coefficient (Wildman–Crippen LogP) is 4.28. The maximum atomic E-state index is 11.4. The van der Waals surface area contributed by atoms with E-state index in [0.29, 0.717) is 18.5 Å². The molecule has 0 spiro atoms. The minimum absolute atomic E-state index is 0.0808. The third-order valence-electron chi connectivity index (χ3n) is 4.51. The fourth-order valence-corrected chi connectivity index (χ4v) is 3.18. The molecule has 27 heavy (non-hydrogen) atoms. The number of carboxylic acids is 1. The molecule has 0 aliphatic carbocycles. The molecule has 1 aliphatic heterocycles. The summed E-state index contributed by atoms with van der Waals surface area (Å²) in [5.41, 5.74) is 3.77. The highest BCUT2D eigenvalue weighted by molar-refractivity contribution is 7.99. The summed E-state index contributed by atoms with van der Waals surface area (Å²) >= 11 is 1.63. The third kappa shape index (κ3) is 4.34. The Bertz CT molecular complexity index is 876. The first-order chi connectivity index (χ1) is 13.0. The topological polar surface area (TPSA) is 66.8 Å². The number of amides is 1. The Morgan fingerprint density at radius 2 is 1.93 bits per heavy atom. The third-order valence-corrected chi connectivity index (χ3v) is 5.27. The van der Waals surface area contributed by atoms with Gasteiger partial charge in [0.15, 0.2) is 0 Å². The molecule has 1 unspecified atom stereocenters. The summed E-state index contributed by atoms with van der Waals surface area (Å²) in [7, 11) is 0. The summed E-state index contributed by atoms with van der Waals surface area (Å²) in [5, 5.41) is 9.37. The average molecular weight is 383 g/mol. The lowest BCUT2D eigenvalue weighted by Crippen LogP contribution is -2.22. The highest BCUT2D eigenvalue weighted by atomic mass is 32.2. The molecule has 3 rings (SSSR count). The molecule has 1 aliphatic rings. The van der Waals surface area contributed by atoms with E-state index in [0.717, 1.165) is 34.5 Å². The number of carbonyl (C=O) groups is 2. The lowest BCUT2D eigenvalue weighted by atomic mass is 10.0. The molecule has 140 valence electrons. The fraction of sp³-hybridized carbons (Fsp3) is 0.238. The van der Waals surface area contributed by atoms with E-state index in [1.165, 1.54) is 0 Å². The number of hydrogen-bond donors (Lipinski definition) is 1. The Labute approximate surface area is 162 Å². The van der Waals surface area contributed by atoms with E-state index < -0.39 is 5.97 Å². The van der Waals surface area contributed by atoms with Gasteiger partial charge in [-0.2, -0.15) is 0 Å². The minimum Gasteiger partial charge on any atom is -0.480 e. The van der Waals surface area contributed by atoms with Crippen molar-refractivity contribution in [1.29, 1.82) is 0 Å².